The van der Waals surface area contributed by atoms with Crippen molar-refractivity contribution in [2.45, 2.75) is 32.2 Å². The number of methoxy groups -OCH3 is 2. The Morgan fingerprint density at radius 2 is 1.88 bits per heavy atom. The fourth-order valence-corrected chi connectivity index (χ4v) is 3.57. The van der Waals surface area contributed by atoms with E-state index in [0.29, 0.717) is 17.9 Å². The Labute approximate surface area is 146 Å². The molecule has 0 unspecified atom stereocenters. The number of benzene rings is 1. The fourth-order valence-electron chi connectivity index (χ4n) is 3.28. The molecule has 0 bridgehead atoms. The Hall–Kier alpha value is -1.92. The van der Waals surface area contributed by atoms with Gasteiger partial charge in [0.2, 0.25) is 0 Å². The molecule has 1 heterocycles. The molecule has 0 spiro atoms. The van der Waals surface area contributed by atoms with E-state index in [-0.39, 0.29) is 5.56 Å². The van der Waals surface area contributed by atoms with Crippen LogP contribution in [0.25, 0.3) is 11.3 Å². The van der Waals surface area contributed by atoms with Crippen molar-refractivity contribution >= 4 is 12.2 Å². The largest absolute Gasteiger partial charge is 0.496 e. The van der Waals surface area contributed by atoms with Gasteiger partial charge in [0.25, 0.3) is 5.56 Å². The Bertz CT molecular complexity index is 854. The molecule has 1 aliphatic carbocycles. The molecule has 0 fully saturated rings. The van der Waals surface area contributed by atoms with Crippen LogP contribution in [0.15, 0.2) is 23.0 Å². The zero-order valence-corrected chi connectivity index (χ0v) is 14.9. The highest BCUT2D eigenvalue weighted by molar-refractivity contribution is 7.71. The van der Waals surface area contributed by atoms with Crippen molar-refractivity contribution in [3.8, 4) is 17.0 Å². The molecule has 5 nitrogen and oxygen atoms in total. The molecule has 2 aromatic rings. The lowest BCUT2D eigenvalue weighted by atomic mass is 9.89. The molecule has 1 aromatic carbocycles. The molecular formula is C18H22N2O3S. The number of hydrogen-bond acceptors (Lipinski definition) is 4. The third kappa shape index (κ3) is 3.30. The quantitative estimate of drug-likeness (QED) is 0.845. The molecular weight excluding hydrogens is 324 g/mol. The first-order valence-electron chi connectivity index (χ1n) is 8.17. The summed E-state index contributed by atoms with van der Waals surface area (Å²) in [5, 5.41) is 0. The third-order valence-corrected chi connectivity index (χ3v) is 4.82. The van der Waals surface area contributed by atoms with Gasteiger partial charge in [-0.15, -0.1) is 0 Å². The summed E-state index contributed by atoms with van der Waals surface area (Å²) in [5.41, 5.74) is 4.15. The molecule has 128 valence electrons. The minimum absolute atomic E-state index is 0.205. The first-order valence-corrected chi connectivity index (χ1v) is 8.58. The molecule has 6 heteroatoms. The van der Waals surface area contributed by atoms with Crippen LogP contribution in [0, 0.1) is 4.77 Å². The maximum atomic E-state index is 12.0. The topological polar surface area (TPSA) is 56.2 Å². The fraction of sp³-hybridized carbons (Fsp3) is 0.444. The monoisotopic (exact) mass is 346 g/mol. The number of aromatic nitrogens is 2. The highest BCUT2D eigenvalue weighted by atomic mass is 32.1. The van der Waals surface area contributed by atoms with Gasteiger partial charge >= 0.3 is 0 Å². The SMILES string of the molecule is COCCn1c(-c2cc3c(cc2OC)CCCC3)cc(=O)[nH]c1=S. The van der Waals surface area contributed by atoms with Crippen LogP contribution in [-0.4, -0.2) is 30.4 Å². The van der Waals surface area contributed by atoms with E-state index in [9.17, 15) is 4.79 Å². The number of aryl methyl sites for hydroxylation is 2. The second kappa shape index (κ2) is 7.32. The van der Waals surface area contributed by atoms with Crippen LogP contribution >= 0.6 is 12.2 Å². The van der Waals surface area contributed by atoms with Crippen molar-refractivity contribution in [1.82, 2.24) is 9.55 Å². The molecule has 3 rings (SSSR count). The van der Waals surface area contributed by atoms with Crippen LogP contribution in [0.1, 0.15) is 24.0 Å². The van der Waals surface area contributed by atoms with E-state index in [1.807, 2.05) is 4.57 Å². The first kappa shape index (κ1) is 16.9. The summed E-state index contributed by atoms with van der Waals surface area (Å²) < 4.78 is 13.1. The van der Waals surface area contributed by atoms with Crippen molar-refractivity contribution in [2.24, 2.45) is 0 Å². The lowest BCUT2D eigenvalue weighted by Gasteiger charge is -2.21. The molecule has 0 atom stereocenters. The zero-order chi connectivity index (χ0) is 17.1. The summed E-state index contributed by atoms with van der Waals surface area (Å²) in [4.78, 5) is 14.7. The molecule has 0 radical (unpaired) electrons. The van der Waals surface area contributed by atoms with E-state index in [2.05, 4.69) is 17.1 Å². The predicted octanol–water partition coefficient (Wildman–Crippen LogP) is 3.11. The van der Waals surface area contributed by atoms with Gasteiger partial charge in [-0.05, 0) is 61.2 Å². The minimum Gasteiger partial charge on any atom is -0.496 e. The van der Waals surface area contributed by atoms with Crippen molar-refractivity contribution in [2.75, 3.05) is 20.8 Å². The standard InChI is InChI=1S/C18H22N2O3S/c1-22-8-7-20-15(11-17(21)19-18(20)24)14-9-12-5-3-4-6-13(12)10-16(14)23-2/h9-11H,3-8H2,1-2H3,(H,19,21,24). The minimum atomic E-state index is -0.205. The molecule has 0 aliphatic heterocycles. The second-order valence-electron chi connectivity index (χ2n) is 6.00. The van der Waals surface area contributed by atoms with Gasteiger partial charge in [0.1, 0.15) is 5.75 Å². The average molecular weight is 346 g/mol. The predicted molar refractivity (Wildman–Crippen MR) is 96.4 cm³/mol. The van der Waals surface area contributed by atoms with Crippen LogP contribution in [0.3, 0.4) is 0 Å². The number of fused-ring (bicyclic) bond motifs is 1. The van der Waals surface area contributed by atoms with Crippen molar-refractivity contribution in [3.63, 3.8) is 0 Å². The van der Waals surface area contributed by atoms with Gasteiger partial charge in [0, 0.05) is 25.3 Å². The molecule has 1 N–H and O–H groups in total. The highest BCUT2D eigenvalue weighted by Gasteiger charge is 2.17. The van der Waals surface area contributed by atoms with E-state index in [4.69, 9.17) is 21.7 Å². The second-order valence-corrected chi connectivity index (χ2v) is 6.38. The number of nitrogens with zero attached hydrogens (tertiary/aromatic N) is 1. The Kier molecular flexibility index (Phi) is 5.16. The van der Waals surface area contributed by atoms with Gasteiger partial charge in [-0.25, -0.2) is 0 Å². The Morgan fingerprint density at radius 1 is 1.17 bits per heavy atom. The lowest BCUT2D eigenvalue weighted by molar-refractivity contribution is 0.186. The van der Waals surface area contributed by atoms with Crippen LogP contribution in [-0.2, 0) is 24.1 Å². The highest BCUT2D eigenvalue weighted by Crippen LogP contribution is 2.35. The molecule has 24 heavy (non-hydrogen) atoms. The van der Waals surface area contributed by atoms with Gasteiger partial charge in [-0.2, -0.15) is 0 Å². The summed E-state index contributed by atoms with van der Waals surface area (Å²) in [7, 11) is 3.31. The molecule has 0 saturated carbocycles. The molecule has 1 aliphatic rings. The van der Waals surface area contributed by atoms with Gasteiger partial charge in [-0.1, -0.05) is 0 Å². The number of nitrogens with one attached hydrogen (secondary N) is 1. The summed E-state index contributed by atoms with van der Waals surface area (Å²) >= 11 is 5.35. The average Bonchev–Trinajstić information content (AvgIpc) is 2.59. The maximum absolute atomic E-state index is 12.0. The van der Waals surface area contributed by atoms with E-state index < -0.39 is 0 Å². The maximum Gasteiger partial charge on any atom is 0.252 e. The van der Waals surface area contributed by atoms with Crippen LogP contribution < -0.4 is 10.3 Å². The number of ether oxygens (including phenoxy) is 2. The normalized spacial score (nSPS) is 13.6. The van der Waals surface area contributed by atoms with Gasteiger partial charge in [-0.3, -0.25) is 9.78 Å². The van der Waals surface area contributed by atoms with E-state index in [0.717, 1.165) is 29.8 Å². The number of aromatic amines is 1. The van der Waals surface area contributed by atoms with E-state index in [1.54, 1.807) is 20.3 Å². The van der Waals surface area contributed by atoms with Crippen molar-refractivity contribution < 1.29 is 9.47 Å². The van der Waals surface area contributed by atoms with Crippen molar-refractivity contribution in [3.05, 3.63) is 44.5 Å². The summed E-state index contributed by atoms with van der Waals surface area (Å²) in [5.74, 6) is 0.779. The van der Waals surface area contributed by atoms with Crippen molar-refractivity contribution in [1.29, 1.82) is 0 Å². The van der Waals surface area contributed by atoms with Gasteiger partial charge < -0.3 is 14.0 Å². The Morgan fingerprint density at radius 3 is 2.54 bits per heavy atom. The lowest BCUT2D eigenvalue weighted by Crippen LogP contribution is -2.17. The van der Waals surface area contributed by atoms with Gasteiger partial charge in [0.15, 0.2) is 4.77 Å². The smallest absolute Gasteiger partial charge is 0.252 e. The molecule has 0 saturated heterocycles. The van der Waals surface area contributed by atoms with Crippen LogP contribution in [0.4, 0.5) is 0 Å². The van der Waals surface area contributed by atoms with E-state index in [1.165, 1.54) is 24.0 Å². The van der Waals surface area contributed by atoms with Gasteiger partial charge in [0.05, 0.1) is 19.4 Å². The molecule has 1 aromatic heterocycles. The van der Waals surface area contributed by atoms with Crippen LogP contribution in [0.2, 0.25) is 0 Å². The van der Waals surface area contributed by atoms with Crippen LogP contribution in [0.5, 0.6) is 5.75 Å². The summed E-state index contributed by atoms with van der Waals surface area (Å²) in [6.45, 7) is 1.09. The number of rotatable bonds is 5. The Balaban J connectivity index is 2.21. The van der Waals surface area contributed by atoms with E-state index >= 15 is 0 Å². The summed E-state index contributed by atoms with van der Waals surface area (Å²) in [6.07, 6.45) is 4.56. The number of H-pyrrole nitrogens is 1. The zero-order valence-electron chi connectivity index (χ0n) is 14.1. The third-order valence-electron chi connectivity index (χ3n) is 4.49. The summed E-state index contributed by atoms with van der Waals surface area (Å²) in [6, 6.07) is 5.84. The molecule has 0 amide bonds. The number of hydrogen-bond donors (Lipinski definition) is 1. The first-order chi connectivity index (χ1) is 11.6.